The molecule has 0 unspecified atom stereocenters. The summed E-state index contributed by atoms with van der Waals surface area (Å²) < 4.78 is 0. The molecule has 0 saturated carbocycles. The number of hydrogen-bond donors (Lipinski definition) is 0. The normalized spacial score (nSPS) is 9.76. The van der Waals surface area contributed by atoms with Crippen LogP contribution in [0.15, 0.2) is 18.7 Å². The van der Waals surface area contributed by atoms with E-state index >= 15 is 0 Å². The van der Waals surface area contributed by atoms with Crippen LogP contribution in [-0.2, 0) is 0 Å². The SMILES string of the molecule is C=CCCCN(C)c1nc(C)cc(C)c1C#N. The van der Waals surface area contributed by atoms with Crippen molar-refractivity contribution in [2.45, 2.75) is 26.7 Å². The van der Waals surface area contributed by atoms with Crippen molar-refractivity contribution in [3.8, 4) is 6.07 Å². The first-order chi connectivity index (χ1) is 8.10. The van der Waals surface area contributed by atoms with E-state index in [0.29, 0.717) is 5.56 Å². The van der Waals surface area contributed by atoms with Crippen LogP contribution in [0.3, 0.4) is 0 Å². The zero-order valence-electron chi connectivity index (χ0n) is 10.8. The predicted molar refractivity (Wildman–Crippen MR) is 71.1 cm³/mol. The minimum atomic E-state index is 0.678. The van der Waals surface area contributed by atoms with E-state index in [1.807, 2.05) is 37.9 Å². The molecule has 0 N–H and O–H groups in total. The van der Waals surface area contributed by atoms with Gasteiger partial charge in [-0.15, -0.1) is 6.58 Å². The second-order valence-corrected chi connectivity index (χ2v) is 4.24. The van der Waals surface area contributed by atoms with Gasteiger partial charge < -0.3 is 4.90 Å². The Morgan fingerprint density at radius 3 is 2.82 bits per heavy atom. The van der Waals surface area contributed by atoms with Gasteiger partial charge in [0.15, 0.2) is 0 Å². The average Bonchev–Trinajstić information content (AvgIpc) is 2.28. The second-order valence-electron chi connectivity index (χ2n) is 4.24. The third kappa shape index (κ3) is 3.32. The molecule has 1 rings (SSSR count). The van der Waals surface area contributed by atoms with E-state index in [2.05, 4.69) is 17.6 Å². The second kappa shape index (κ2) is 6.05. The molecule has 0 aliphatic heterocycles. The van der Waals surface area contributed by atoms with Gasteiger partial charge in [-0.2, -0.15) is 5.26 Å². The Morgan fingerprint density at radius 1 is 1.53 bits per heavy atom. The molecule has 0 aliphatic carbocycles. The maximum atomic E-state index is 9.18. The molecule has 1 heterocycles. The Labute approximate surface area is 103 Å². The van der Waals surface area contributed by atoms with Crippen molar-refractivity contribution in [3.63, 3.8) is 0 Å². The van der Waals surface area contributed by atoms with Crippen LogP contribution in [0.25, 0.3) is 0 Å². The Balaban J connectivity index is 2.96. The number of unbranched alkanes of at least 4 members (excludes halogenated alkanes) is 1. The zero-order valence-corrected chi connectivity index (χ0v) is 10.8. The number of nitrogens with zero attached hydrogens (tertiary/aromatic N) is 3. The van der Waals surface area contributed by atoms with Gasteiger partial charge in [0.05, 0.1) is 5.56 Å². The number of pyridine rings is 1. The fourth-order valence-corrected chi connectivity index (χ4v) is 1.81. The highest BCUT2D eigenvalue weighted by molar-refractivity contribution is 5.57. The van der Waals surface area contributed by atoms with Crippen molar-refractivity contribution >= 4 is 5.82 Å². The molecule has 1 aromatic heterocycles. The topological polar surface area (TPSA) is 39.9 Å². The number of aryl methyl sites for hydroxylation is 2. The van der Waals surface area contributed by atoms with Crippen LogP contribution in [0.4, 0.5) is 5.82 Å². The molecule has 0 aromatic carbocycles. The fourth-order valence-electron chi connectivity index (χ4n) is 1.81. The van der Waals surface area contributed by atoms with Crippen LogP contribution in [0.1, 0.15) is 29.7 Å². The number of allylic oxidation sites excluding steroid dienone is 1. The van der Waals surface area contributed by atoms with Crippen molar-refractivity contribution in [1.82, 2.24) is 4.98 Å². The van der Waals surface area contributed by atoms with E-state index in [9.17, 15) is 5.26 Å². The molecule has 0 saturated heterocycles. The summed E-state index contributed by atoms with van der Waals surface area (Å²) in [5.74, 6) is 0.786. The maximum Gasteiger partial charge on any atom is 0.146 e. The van der Waals surface area contributed by atoms with E-state index in [-0.39, 0.29) is 0 Å². The highest BCUT2D eigenvalue weighted by Gasteiger charge is 2.12. The van der Waals surface area contributed by atoms with E-state index < -0.39 is 0 Å². The third-order valence-corrected chi connectivity index (χ3v) is 2.70. The largest absolute Gasteiger partial charge is 0.359 e. The third-order valence-electron chi connectivity index (χ3n) is 2.70. The van der Waals surface area contributed by atoms with Gasteiger partial charge in [-0.1, -0.05) is 6.08 Å². The lowest BCUT2D eigenvalue weighted by atomic mass is 10.1. The predicted octanol–water partition coefficient (Wildman–Crippen LogP) is 2.97. The van der Waals surface area contributed by atoms with E-state index in [1.165, 1.54) is 0 Å². The highest BCUT2D eigenvalue weighted by atomic mass is 15.2. The standard InChI is InChI=1S/C14H19N3/c1-5-6-7-8-17(4)14-13(10-15)11(2)9-12(3)16-14/h5,9H,1,6-8H2,2-4H3. The Morgan fingerprint density at radius 2 is 2.24 bits per heavy atom. The smallest absolute Gasteiger partial charge is 0.146 e. The van der Waals surface area contributed by atoms with Crippen molar-refractivity contribution in [1.29, 1.82) is 5.26 Å². The summed E-state index contributed by atoms with van der Waals surface area (Å²) in [6.07, 6.45) is 3.92. The first kappa shape index (κ1) is 13.2. The van der Waals surface area contributed by atoms with Crippen LogP contribution < -0.4 is 4.90 Å². The zero-order chi connectivity index (χ0) is 12.8. The monoisotopic (exact) mass is 229 g/mol. The van der Waals surface area contributed by atoms with Gasteiger partial charge in [-0.3, -0.25) is 0 Å². The molecule has 3 nitrogen and oxygen atoms in total. The first-order valence-electron chi connectivity index (χ1n) is 5.80. The first-order valence-corrected chi connectivity index (χ1v) is 5.80. The lowest BCUT2D eigenvalue weighted by molar-refractivity contribution is 0.788. The Hall–Kier alpha value is -1.82. The molecule has 90 valence electrons. The summed E-state index contributed by atoms with van der Waals surface area (Å²) in [6, 6.07) is 4.18. The minimum absolute atomic E-state index is 0.678. The number of rotatable bonds is 5. The molecule has 3 heteroatoms. The summed E-state index contributed by atoms with van der Waals surface area (Å²) in [7, 11) is 1.98. The van der Waals surface area contributed by atoms with Crippen molar-refractivity contribution < 1.29 is 0 Å². The molecule has 17 heavy (non-hydrogen) atoms. The molecule has 0 amide bonds. The van der Waals surface area contributed by atoms with Crippen molar-refractivity contribution in [2.75, 3.05) is 18.5 Å². The molecule has 1 aromatic rings. The van der Waals surface area contributed by atoms with Gasteiger partial charge in [-0.05, 0) is 38.3 Å². The lowest BCUT2D eigenvalue weighted by Gasteiger charge is -2.20. The van der Waals surface area contributed by atoms with Crippen LogP contribution in [0.2, 0.25) is 0 Å². The summed E-state index contributed by atoms with van der Waals surface area (Å²) in [5, 5.41) is 9.18. The van der Waals surface area contributed by atoms with Gasteiger partial charge in [0.2, 0.25) is 0 Å². The molecule has 0 atom stereocenters. The molecule has 0 bridgehead atoms. The summed E-state index contributed by atoms with van der Waals surface area (Å²) in [4.78, 5) is 6.50. The van der Waals surface area contributed by atoms with Gasteiger partial charge in [0, 0.05) is 19.3 Å². The van der Waals surface area contributed by atoms with Gasteiger partial charge in [0.25, 0.3) is 0 Å². The minimum Gasteiger partial charge on any atom is -0.359 e. The van der Waals surface area contributed by atoms with E-state index in [0.717, 1.165) is 36.5 Å². The number of aromatic nitrogens is 1. The molecule has 0 radical (unpaired) electrons. The molecular formula is C14H19N3. The maximum absolute atomic E-state index is 9.18. The Kier molecular flexibility index (Phi) is 4.71. The highest BCUT2D eigenvalue weighted by Crippen LogP contribution is 2.20. The summed E-state index contributed by atoms with van der Waals surface area (Å²) in [6.45, 7) is 8.50. The summed E-state index contributed by atoms with van der Waals surface area (Å²) in [5.41, 5.74) is 2.62. The summed E-state index contributed by atoms with van der Waals surface area (Å²) >= 11 is 0. The van der Waals surface area contributed by atoms with Crippen molar-refractivity contribution in [2.24, 2.45) is 0 Å². The number of hydrogen-bond acceptors (Lipinski definition) is 3. The molecule has 0 spiro atoms. The fraction of sp³-hybridized carbons (Fsp3) is 0.429. The quantitative estimate of drug-likeness (QED) is 0.575. The van der Waals surface area contributed by atoms with E-state index in [4.69, 9.17) is 0 Å². The lowest BCUT2D eigenvalue weighted by Crippen LogP contribution is -2.21. The van der Waals surface area contributed by atoms with Gasteiger partial charge >= 0.3 is 0 Å². The van der Waals surface area contributed by atoms with Gasteiger partial charge in [-0.25, -0.2) is 4.98 Å². The molecule has 0 aliphatic rings. The van der Waals surface area contributed by atoms with Crippen LogP contribution in [0.5, 0.6) is 0 Å². The average molecular weight is 229 g/mol. The molecule has 0 fully saturated rings. The Bertz CT molecular complexity index is 444. The molecular weight excluding hydrogens is 210 g/mol. The van der Waals surface area contributed by atoms with Crippen LogP contribution >= 0.6 is 0 Å². The number of anilines is 1. The van der Waals surface area contributed by atoms with Crippen LogP contribution in [-0.4, -0.2) is 18.6 Å². The van der Waals surface area contributed by atoms with Crippen molar-refractivity contribution in [3.05, 3.63) is 35.5 Å². The van der Waals surface area contributed by atoms with Crippen LogP contribution in [0, 0.1) is 25.2 Å². The number of nitriles is 1. The van der Waals surface area contributed by atoms with Gasteiger partial charge in [0.1, 0.15) is 11.9 Å². The van der Waals surface area contributed by atoms with E-state index in [1.54, 1.807) is 0 Å².